The van der Waals surface area contributed by atoms with E-state index < -0.39 is 5.97 Å². The molecule has 0 aliphatic carbocycles. The topological polar surface area (TPSA) is 75.9 Å². The molecule has 52 heavy (non-hydrogen) atoms. The van der Waals surface area contributed by atoms with Crippen LogP contribution < -0.4 is 0 Å². The van der Waals surface area contributed by atoms with E-state index in [4.69, 9.17) is 0 Å². The third-order valence-corrected chi connectivity index (χ3v) is 10.2. The molecule has 0 saturated carbocycles. The summed E-state index contributed by atoms with van der Waals surface area (Å²) in [6, 6.07) is 57.0. The van der Waals surface area contributed by atoms with Crippen LogP contribution in [0.3, 0.4) is 0 Å². The van der Waals surface area contributed by atoms with E-state index in [1.54, 1.807) is 6.07 Å². The van der Waals surface area contributed by atoms with E-state index >= 15 is 0 Å². The Kier molecular flexibility index (Phi) is 6.44. The number of rotatable bonds is 5. The quantitative estimate of drug-likeness (QED) is 0.146. The molecule has 0 saturated heterocycles. The highest BCUT2D eigenvalue weighted by atomic mass is 16.4. The van der Waals surface area contributed by atoms with Gasteiger partial charge in [0.15, 0.2) is 0 Å². The summed E-state index contributed by atoms with van der Waals surface area (Å²) in [4.78, 5) is 11.5. The number of hydrogen-bond acceptors (Lipinski definition) is 2. The number of aliphatic carboxylic acids is 1. The van der Waals surface area contributed by atoms with E-state index in [1.165, 1.54) is 27.6 Å². The fraction of sp³-hybridized carbons (Fsp3) is 0. The van der Waals surface area contributed by atoms with Crippen molar-refractivity contribution in [1.29, 1.82) is 5.26 Å². The summed E-state index contributed by atoms with van der Waals surface area (Å²) in [5, 5.41) is 25.8. The number of benzene rings is 7. The first kappa shape index (κ1) is 29.5. The van der Waals surface area contributed by atoms with Crippen LogP contribution in [0, 0.1) is 11.3 Å². The zero-order chi connectivity index (χ0) is 34.9. The van der Waals surface area contributed by atoms with Crippen molar-refractivity contribution < 1.29 is 9.90 Å². The maximum atomic E-state index is 11.5. The van der Waals surface area contributed by atoms with Crippen molar-refractivity contribution in [3.63, 3.8) is 0 Å². The Morgan fingerprint density at radius 2 is 0.808 bits per heavy atom. The molecule has 0 spiro atoms. The number of nitrogens with zero attached hydrogens (tertiary/aromatic N) is 4. The van der Waals surface area contributed by atoms with Crippen LogP contribution in [-0.4, -0.2) is 24.8 Å². The molecule has 6 heteroatoms. The lowest BCUT2D eigenvalue weighted by molar-refractivity contribution is -0.132. The van der Waals surface area contributed by atoms with E-state index in [2.05, 4.69) is 147 Å². The number of aromatic nitrogens is 3. The van der Waals surface area contributed by atoms with Crippen LogP contribution in [0.5, 0.6) is 0 Å². The third-order valence-electron chi connectivity index (χ3n) is 10.2. The van der Waals surface area contributed by atoms with Crippen LogP contribution >= 0.6 is 0 Å². The molecule has 0 aliphatic rings. The number of nitriles is 1. The van der Waals surface area contributed by atoms with Gasteiger partial charge in [0, 0.05) is 49.4 Å². The van der Waals surface area contributed by atoms with Crippen molar-refractivity contribution in [2.45, 2.75) is 0 Å². The van der Waals surface area contributed by atoms with E-state index in [1.807, 2.05) is 24.3 Å². The summed E-state index contributed by atoms with van der Waals surface area (Å²) in [7, 11) is 0. The first-order valence-electron chi connectivity index (χ1n) is 17.1. The second kappa shape index (κ2) is 11.3. The van der Waals surface area contributed by atoms with Gasteiger partial charge in [-0.05, 0) is 84.4 Å². The fourth-order valence-corrected chi connectivity index (χ4v) is 7.99. The molecule has 244 valence electrons. The Hall–Kier alpha value is -7.36. The highest BCUT2D eigenvalue weighted by Crippen LogP contribution is 2.39. The van der Waals surface area contributed by atoms with Gasteiger partial charge in [-0.15, -0.1) is 0 Å². The predicted molar refractivity (Wildman–Crippen MR) is 211 cm³/mol. The highest BCUT2D eigenvalue weighted by Gasteiger charge is 2.19. The monoisotopic (exact) mass is 668 g/mol. The zero-order valence-corrected chi connectivity index (χ0v) is 27.7. The van der Waals surface area contributed by atoms with Gasteiger partial charge in [0.1, 0.15) is 11.6 Å². The number of hydrogen-bond donors (Lipinski definition) is 1. The van der Waals surface area contributed by atoms with Crippen molar-refractivity contribution in [2.75, 3.05) is 0 Å². The van der Waals surface area contributed by atoms with E-state index in [0.717, 1.165) is 60.9 Å². The largest absolute Gasteiger partial charge is 0.477 e. The first-order chi connectivity index (χ1) is 25.6. The van der Waals surface area contributed by atoms with Crippen molar-refractivity contribution in [3.05, 3.63) is 169 Å². The van der Waals surface area contributed by atoms with Gasteiger partial charge >= 0.3 is 5.97 Å². The summed E-state index contributed by atoms with van der Waals surface area (Å²) in [5.74, 6) is -1.24. The molecule has 0 unspecified atom stereocenters. The lowest BCUT2D eigenvalue weighted by atomic mass is 10.1. The average Bonchev–Trinajstić information content (AvgIpc) is 3.82. The van der Waals surface area contributed by atoms with Crippen LogP contribution in [-0.2, 0) is 4.79 Å². The molecule has 1 N–H and O–H groups in total. The van der Waals surface area contributed by atoms with Crippen LogP contribution in [0.2, 0.25) is 0 Å². The molecule has 3 heterocycles. The number of carboxylic acid groups (broad SMARTS) is 1. The number of para-hydroxylation sites is 4. The number of carbonyl (C=O) groups is 1. The smallest absolute Gasteiger partial charge is 0.346 e. The molecule has 3 aromatic heterocycles. The first-order valence-corrected chi connectivity index (χ1v) is 17.1. The molecule has 6 nitrogen and oxygen atoms in total. The minimum Gasteiger partial charge on any atom is -0.477 e. The molecule has 0 fully saturated rings. The molecule has 10 aromatic rings. The summed E-state index contributed by atoms with van der Waals surface area (Å²) in [5.41, 5.74) is 10.1. The lowest BCUT2D eigenvalue weighted by Crippen LogP contribution is -1.98. The predicted octanol–water partition coefficient (Wildman–Crippen LogP) is 11.0. The molecule has 0 atom stereocenters. The molecule has 10 rings (SSSR count). The second-order valence-electron chi connectivity index (χ2n) is 13.0. The molecular formula is C46H28N4O2. The van der Waals surface area contributed by atoms with Crippen LogP contribution in [0.25, 0.3) is 88.6 Å². The van der Waals surface area contributed by atoms with Crippen molar-refractivity contribution in [2.24, 2.45) is 0 Å². The van der Waals surface area contributed by atoms with Gasteiger partial charge in [0.05, 0.1) is 33.1 Å². The second-order valence-corrected chi connectivity index (χ2v) is 13.0. The molecule has 7 aromatic carbocycles. The zero-order valence-electron chi connectivity index (χ0n) is 27.7. The maximum Gasteiger partial charge on any atom is 0.346 e. The minimum absolute atomic E-state index is 0.306. The van der Waals surface area contributed by atoms with Crippen molar-refractivity contribution >= 4 is 77.5 Å². The molecule has 0 amide bonds. The maximum absolute atomic E-state index is 11.5. The molecule has 0 radical (unpaired) electrons. The molecule has 0 bridgehead atoms. The van der Waals surface area contributed by atoms with E-state index in [-0.39, 0.29) is 5.57 Å². The highest BCUT2D eigenvalue weighted by molar-refractivity contribution is 6.14. The lowest BCUT2D eigenvalue weighted by Gasteiger charge is -2.11. The summed E-state index contributed by atoms with van der Waals surface area (Å²) >= 11 is 0. The normalized spacial score (nSPS) is 12.1. The minimum atomic E-state index is -1.24. The van der Waals surface area contributed by atoms with Crippen LogP contribution in [0.15, 0.2) is 163 Å². The van der Waals surface area contributed by atoms with Gasteiger partial charge in [-0.25, -0.2) is 4.79 Å². The van der Waals surface area contributed by atoms with Gasteiger partial charge in [0.2, 0.25) is 0 Å². The third kappa shape index (κ3) is 4.33. The number of carboxylic acids is 1. The summed E-state index contributed by atoms with van der Waals surface area (Å²) < 4.78 is 6.95. The Labute approximate surface area is 297 Å². The Bertz CT molecular complexity index is 2890. The Morgan fingerprint density at radius 3 is 1.19 bits per heavy atom. The van der Waals surface area contributed by atoms with Gasteiger partial charge in [-0.3, -0.25) is 0 Å². The van der Waals surface area contributed by atoms with Crippen LogP contribution in [0.4, 0.5) is 0 Å². The SMILES string of the molecule is N#C/C(=C/c1ccc(-n2c3ccc(-n4c5ccccc5c5ccccc54)cc3c3cc(-n4c5ccccc5c5ccccc54)ccc32)cc1)C(=O)O. The van der Waals surface area contributed by atoms with E-state index in [9.17, 15) is 15.2 Å². The van der Waals surface area contributed by atoms with Gasteiger partial charge in [-0.1, -0.05) is 84.9 Å². The molecular weight excluding hydrogens is 641 g/mol. The van der Waals surface area contributed by atoms with Crippen molar-refractivity contribution in [3.8, 4) is 23.1 Å². The summed E-state index contributed by atoms with van der Waals surface area (Å²) in [6.45, 7) is 0. The Balaban J connectivity index is 1.25. The van der Waals surface area contributed by atoms with Gasteiger partial charge in [-0.2, -0.15) is 5.26 Å². The standard InChI is InChI=1S/C46H28N4O2/c47-28-30(46(51)52)25-29-17-19-31(20-18-29)48-44-23-21-32(49-40-13-5-1-9-34(40)35-10-2-6-14-41(35)49)26-38(44)39-27-33(22-24-45(39)48)50-42-15-7-3-11-36(42)37-12-4-8-16-43(37)50/h1-27H,(H,51,52)/b30-25-. The number of fused-ring (bicyclic) bond motifs is 9. The van der Waals surface area contributed by atoms with E-state index in [0.29, 0.717) is 5.56 Å². The van der Waals surface area contributed by atoms with Crippen LogP contribution in [0.1, 0.15) is 5.56 Å². The average molecular weight is 669 g/mol. The fourth-order valence-electron chi connectivity index (χ4n) is 7.99. The Morgan fingerprint density at radius 1 is 0.462 bits per heavy atom. The van der Waals surface area contributed by atoms with Gasteiger partial charge in [0.25, 0.3) is 0 Å². The van der Waals surface area contributed by atoms with Crippen molar-refractivity contribution in [1.82, 2.24) is 13.7 Å². The summed E-state index contributed by atoms with van der Waals surface area (Å²) in [6.07, 6.45) is 1.40. The van der Waals surface area contributed by atoms with Gasteiger partial charge < -0.3 is 18.8 Å². The molecule has 0 aliphatic heterocycles.